The molecule has 0 aromatic heterocycles. The van der Waals surface area contributed by atoms with Gasteiger partial charge in [0.1, 0.15) is 0 Å². The number of unbranched alkanes of at least 4 members (excludes halogenated alkanes) is 1. The van der Waals surface area contributed by atoms with Crippen molar-refractivity contribution in [3.63, 3.8) is 0 Å². The van der Waals surface area contributed by atoms with Crippen molar-refractivity contribution in [2.45, 2.75) is 56.7 Å². The van der Waals surface area contributed by atoms with Gasteiger partial charge in [-0.3, -0.25) is 0 Å². The van der Waals surface area contributed by atoms with Crippen LogP contribution in [0.1, 0.15) is 47.0 Å². The summed E-state index contributed by atoms with van der Waals surface area (Å²) in [4.78, 5) is 0. The first kappa shape index (κ1) is 29.7. The van der Waals surface area contributed by atoms with Crippen LogP contribution in [0.15, 0.2) is 83.0 Å². The van der Waals surface area contributed by atoms with Crippen molar-refractivity contribution in [3.8, 4) is 0 Å². The number of hydrogen-bond donors (Lipinski definition) is 0. The molecule has 1 unspecified atom stereocenters. The molecule has 0 spiro atoms. The Balaban J connectivity index is 0.00000280. The van der Waals surface area contributed by atoms with Crippen LogP contribution in [-0.2, 0) is 20.4 Å². The summed E-state index contributed by atoms with van der Waals surface area (Å²) >= 11 is 2.53. The zero-order valence-electron chi connectivity index (χ0n) is 18.3. The summed E-state index contributed by atoms with van der Waals surface area (Å²) < 4.78 is 0.214. The summed E-state index contributed by atoms with van der Waals surface area (Å²) in [7, 11) is -1.30. The second-order valence-corrected chi connectivity index (χ2v) is 12.1. The first-order valence-corrected chi connectivity index (χ1v) is 13.0. The van der Waals surface area contributed by atoms with Crippen LogP contribution in [0.25, 0.3) is 0 Å². The van der Waals surface area contributed by atoms with E-state index in [-0.39, 0.29) is 40.9 Å². The minimum atomic E-state index is -1.30. The van der Waals surface area contributed by atoms with E-state index in [1.54, 1.807) is 27.1 Å². The molecule has 0 bridgehead atoms. The molecule has 1 atom stereocenters. The summed E-state index contributed by atoms with van der Waals surface area (Å²) in [6.45, 7) is 9.39. The fourth-order valence-electron chi connectivity index (χ4n) is 4.51. The third kappa shape index (κ3) is 6.15. The van der Waals surface area contributed by atoms with Crippen LogP contribution in [0.2, 0.25) is 9.76 Å². The van der Waals surface area contributed by atoms with Gasteiger partial charge >= 0.3 is 179 Å². The largest absolute Gasteiger partial charge is 1.00 e. The van der Waals surface area contributed by atoms with Gasteiger partial charge in [-0.2, -0.15) is 0 Å². The van der Waals surface area contributed by atoms with Gasteiger partial charge in [0.15, 0.2) is 0 Å². The van der Waals surface area contributed by atoms with E-state index in [4.69, 9.17) is 0 Å². The van der Waals surface area contributed by atoms with E-state index in [1.165, 1.54) is 30.9 Å². The molecule has 1 aliphatic rings. The third-order valence-corrected chi connectivity index (χ3v) is 11.8. The minimum absolute atomic E-state index is 0. The molecule has 2 aromatic carbocycles. The first-order chi connectivity index (χ1) is 13.0. The predicted octanol–water partition coefficient (Wildman–Crippen LogP) is -3.40. The molecule has 0 aliphatic heterocycles. The van der Waals surface area contributed by atoms with E-state index >= 15 is 0 Å². The molecule has 160 valence electrons. The zero-order valence-corrected chi connectivity index (χ0v) is 23.3. The monoisotopic (exact) mass is 512 g/mol. The van der Waals surface area contributed by atoms with Crippen molar-refractivity contribution in [1.82, 2.24) is 0 Å². The van der Waals surface area contributed by atoms with Gasteiger partial charge in [0.2, 0.25) is 0 Å². The molecule has 1 aliphatic carbocycles. The summed E-state index contributed by atoms with van der Waals surface area (Å²) in [5.41, 5.74) is 6.42. The molecular weight excluding hydrogens is 483 g/mol. The van der Waals surface area contributed by atoms with Gasteiger partial charge in [0.25, 0.3) is 0 Å². The van der Waals surface area contributed by atoms with E-state index in [2.05, 4.69) is 109 Å². The van der Waals surface area contributed by atoms with E-state index in [0.29, 0.717) is 0 Å². The minimum Gasteiger partial charge on any atom is -1.00 e. The van der Waals surface area contributed by atoms with E-state index in [1.807, 2.05) is 0 Å². The Morgan fingerprint density at radius 3 is 1.67 bits per heavy atom. The zero-order chi connectivity index (χ0) is 19.4. The maximum Gasteiger partial charge on any atom is -1.00 e. The Labute approximate surface area is 215 Å². The molecule has 0 N–H and O–H groups in total. The van der Waals surface area contributed by atoms with Crippen molar-refractivity contribution in [1.29, 1.82) is 0 Å². The van der Waals surface area contributed by atoms with Crippen LogP contribution >= 0.6 is 0 Å². The van der Waals surface area contributed by atoms with Crippen LogP contribution in [0.4, 0.5) is 0 Å². The van der Waals surface area contributed by atoms with Gasteiger partial charge in [-0.15, -0.1) is 0 Å². The predicted molar refractivity (Wildman–Crippen MR) is 117 cm³/mol. The number of allylic oxidation sites excluding steroid dienone is 4. The van der Waals surface area contributed by atoms with Gasteiger partial charge in [0, 0.05) is 0 Å². The van der Waals surface area contributed by atoms with E-state index in [0.717, 1.165) is 0 Å². The average molecular weight is 514 g/mol. The number of hydrogen-bond acceptors (Lipinski definition) is 0. The van der Waals surface area contributed by atoms with Crippen LogP contribution in [0.3, 0.4) is 0 Å². The standard InChI is InChI=1S/C25H31Si.3ClH.Ti/c1-5-6-17-24-20(3)19(2)21(4)25(24)18-26(22-13-9-7-10-14-22)23-15-11-8-12-16-23;;;;/h7-16,26H,5-6,17-18H2,1-4H3;3*1H;/q;;;;+3/p-3. The fourth-order valence-corrected chi connectivity index (χ4v) is 9.64. The number of benzene rings is 2. The SMILES string of the molecule is CCCCC1=C(C)C(C)=C(C)[C]1([Ti+3])C[SiH](c1ccccc1)c1ccccc1.[Cl-].[Cl-].[Cl-]. The molecule has 0 fully saturated rings. The Hall–Kier alpha value is -0.279. The van der Waals surface area contributed by atoms with Crippen molar-refractivity contribution in [2.75, 3.05) is 0 Å². The smallest absolute Gasteiger partial charge is 1.00 e. The van der Waals surface area contributed by atoms with Crippen LogP contribution in [-0.4, -0.2) is 8.80 Å². The Bertz CT molecular complexity index is 810. The van der Waals surface area contributed by atoms with E-state index in [9.17, 15) is 0 Å². The molecule has 5 heteroatoms. The molecule has 0 saturated carbocycles. The Kier molecular flexibility index (Phi) is 13.2. The van der Waals surface area contributed by atoms with Crippen molar-refractivity contribution in [3.05, 3.63) is 83.0 Å². The number of halogens is 3. The Morgan fingerprint density at radius 1 is 0.767 bits per heavy atom. The first-order valence-electron chi connectivity index (χ1n) is 10.2. The fraction of sp³-hybridized carbons (Fsp3) is 0.360. The van der Waals surface area contributed by atoms with Crippen molar-refractivity contribution >= 4 is 19.2 Å². The second kappa shape index (κ2) is 13.3. The molecule has 2 aromatic rings. The number of rotatable bonds is 7. The van der Waals surface area contributed by atoms with Crippen LogP contribution in [0.5, 0.6) is 0 Å². The summed E-state index contributed by atoms with van der Waals surface area (Å²) in [6, 6.07) is 23.8. The van der Waals surface area contributed by atoms with Crippen molar-refractivity contribution in [2.24, 2.45) is 0 Å². The Morgan fingerprint density at radius 2 is 1.23 bits per heavy atom. The maximum absolute atomic E-state index is 2.53. The summed E-state index contributed by atoms with van der Waals surface area (Å²) in [6.07, 6.45) is 3.81. The van der Waals surface area contributed by atoms with Crippen LogP contribution in [0, 0.1) is 0 Å². The molecule has 3 rings (SSSR count). The maximum atomic E-state index is 2.53. The quantitative estimate of drug-likeness (QED) is 0.339. The molecular formula is C25H31Cl3SiTi. The van der Waals surface area contributed by atoms with Crippen LogP contribution < -0.4 is 47.6 Å². The summed E-state index contributed by atoms with van der Waals surface area (Å²) in [5, 5.41) is 3.13. The molecule has 0 amide bonds. The molecule has 0 heterocycles. The molecule has 0 radical (unpaired) electrons. The van der Waals surface area contributed by atoms with E-state index < -0.39 is 8.80 Å². The topological polar surface area (TPSA) is 0 Å². The normalized spacial score (nSPS) is 18.1. The third-order valence-electron chi connectivity index (χ3n) is 6.43. The van der Waals surface area contributed by atoms with Gasteiger partial charge in [0.05, 0.1) is 0 Å². The van der Waals surface area contributed by atoms with Gasteiger partial charge in [-0.1, -0.05) is 0 Å². The molecule has 30 heavy (non-hydrogen) atoms. The molecule has 0 nitrogen and oxygen atoms in total. The average Bonchev–Trinajstić information content (AvgIpc) is 2.86. The van der Waals surface area contributed by atoms with Gasteiger partial charge in [-0.05, 0) is 0 Å². The second-order valence-electron chi connectivity index (χ2n) is 7.94. The van der Waals surface area contributed by atoms with Gasteiger partial charge in [-0.25, -0.2) is 0 Å². The molecule has 0 saturated heterocycles. The van der Waals surface area contributed by atoms with Crippen molar-refractivity contribution < 1.29 is 57.7 Å². The summed E-state index contributed by atoms with van der Waals surface area (Å²) in [5.74, 6) is 0. The van der Waals surface area contributed by atoms with Gasteiger partial charge < -0.3 is 37.2 Å².